The number of rotatable bonds is 5. The molecule has 0 N–H and O–H groups in total. The Balaban J connectivity index is 1.89. The van der Waals surface area contributed by atoms with Gasteiger partial charge in [0.1, 0.15) is 11.9 Å². The van der Waals surface area contributed by atoms with Crippen molar-refractivity contribution in [3.63, 3.8) is 0 Å². The number of ether oxygens (including phenoxy) is 2. The first-order chi connectivity index (χ1) is 7.81. The quantitative estimate of drug-likeness (QED) is 0.763. The average Bonchev–Trinajstić information content (AvgIpc) is 2.30. The molecule has 1 fully saturated rings. The van der Waals surface area contributed by atoms with Crippen LogP contribution in [0.4, 0.5) is 0 Å². The van der Waals surface area contributed by atoms with Crippen molar-refractivity contribution >= 4 is 5.78 Å². The lowest BCUT2D eigenvalue weighted by Gasteiger charge is -2.34. The molecule has 1 aliphatic rings. The third-order valence-electron chi connectivity index (χ3n) is 2.59. The van der Waals surface area contributed by atoms with E-state index < -0.39 is 0 Å². The molecule has 3 heteroatoms. The molecule has 1 saturated carbocycles. The molecule has 16 heavy (non-hydrogen) atoms. The summed E-state index contributed by atoms with van der Waals surface area (Å²) in [6.45, 7) is 2.64. The van der Waals surface area contributed by atoms with Crippen LogP contribution in [0.2, 0.25) is 0 Å². The molecule has 0 bridgehead atoms. The molecule has 0 aromatic heterocycles. The van der Waals surface area contributed by atoms with E-state index in [1.54, 1.807) is 0 Å². The summed E-state index contributed by atoms with van der Waals surface area (Å²) in [7, 11) is 0. The summed E-state index contributed by atoms with van der Waals surface area (Å²) in [5, 5.41) is 0. The summed E-state index contributed by atoms with van der Waals surface area (Å²) < 4.78 is 11.1. The molecule has 2 unspecified atom stereocenters. The molecule has 3 nitrogen and oxygen atoms in total. The molecule has 0 radical (unpaired) electrons. The Morgan fingerprint density at radius 1 is 1.31 bits per heavy atom. The highest BCUT2D eigenvalue weighted by Gasteiger charge is 2.42. The minimum absolute atomic E-state index is 0.110. The van der Waals surface area contributed by atoms with Crippen LogP contribution in [0.1, 0.15) is 19.8 Å². The first kappa shape index (κ1) is 11.1. The van der Waals surface area contributed by atoms with Crippen LogP contribution in [0.25, 0.3) is 0 Å². The van der Waals surface area contributed by atoms with Crippen LogP contribution in [-0.4, -0.2) is 24.6 Å². The second-order valence-electron chi connectivity index (χ2n) is 3.93. The summed E-state index contributed by atoms with van der Waals surface area (Å²) in [5.41, 5.74) is 0. The van der Waals surface area contributed by atoms with E-state index in [9.17, 15) is 4.79 Å². The number of para-hydroxylation sites is 1. The summed E-state index contributed by atoms with van der Waals surface area (Å²) in [6.07, 6.45) is 0.909. The van der Waals surface area contributed by atoms with Crippen molar-refractivity contribution in [2.75, 3.05) is 6.61 Å². The van der Waals surface area contributed by atoms with Gasteiger partial charge in [-0.25, -0.2) is 0 Å². The minimum Gasteiger partial charge on any atom is -0.487 e. The van der Waals surface area contributed by atoms with E-state index in [-0.39, 0.29) is 18.0 Å². The molecule has 1 aliphatic carbocycles. The number of carbonyl (C=O) groups excluding carboxylic acids is 1. The summed E-state index contributed by atoms with van der Waals surface area (Å²) in [4.78, 5) is 11.3. The lowest BCUT2D eigenvalue weighted by Crippen LogP contribution is -2.52. The fourth-order valence-corrected chi connectivity index (χ4v) is 1.69. The topological polar surface area (TPSA) is 35.5 Å². The third-order valence-corrected chi connectivity index (χ3v) is 2.59. The Morgan fingerprint density at radius 3 is 2.69 bits per heavy atom. The Kier molecular flexibility index (Phi) is 3.57. The zero-order valence-corrected chi connectivity index (χ0v) is 9.39. The summed E-state index contributed by atoms with van der Waals surface area (Å²) in [6, 6.07) is 9.54. The molecule has 2 rings (SSSR count). The van der Waals surface area contributed by atoms with Crippen LogP contribution in [-0.2, 0) is 9.53 Å². The number of carbonyl (C=O) groups is 1. The largest absolute Gasteiger partial charge is 0.487 e. The van der Waals surface area contributed by atoms with E-state index in [1.807, 2.05) is 37.3 Å². The van der Waals surface area contributed by atoms with Gasteiger partial charge in [-0.15, -0.1) is 0 Å². The van der Waals surface area contributed by atoms with Gasteiger partial charge in [0.15, 0.2) is 11.9 Å². The Morgan fingerprint density at radius 2 is 2.06 bits per heavy atom. The number of hydrogen-bond acceptors (Lipinski definition) is 3. The maximum Gasteiger partial charge on any atom is 0.169 e. The van der Waals surface area contributed by atoms with Crippen molar-refractivity contribution < 1.29 is 14.3 Å². The zero-order valence-electron chi connectivity index (χ0n) is 9.39. The Bertz CT molecular complexity index is 347. The van der Waals surface area contributed by atoms with E-state index >= 15 is 0 Å². The van der Waals surface area contributed by atoms with Gasteiger partial charge in [-0.2, -0.15) is 0 Å². The molecular formula is C13H16O3. The number of ketones is 1. The van der Waals surface area contributed by atoms with Crippen molar-refractivity contribution in [1.29, 1.82) is 0 Å². The molecule has 0 amide bonds. The van der Waals surface area contributed by atoms with Crippen molar-refractivity contribution in [2.24, 2.45) is 0 Å². The molecule has 0 aliphatic heterocycles. The highest BCUT2D eigenvalue weighted by Crippen LogP contribution is 2.25. The fourth-order valence-electron chi connectivity index (χ4n) is 1.69. The van der Waals surface area contributed by atoms with E-state index in [4.69, 9.17) is 9.47 Å². The fraction of sp³-hybridized carbons (Fsp3) is 0.462. The van der Waals surface area contributed by atoms with Gasteiger partial charge in [0.05, 0.1) is 0 Å². The van der Waals surface area contributed by atoms with Gasteiger partial charge in [-0.1, -0.05) is 25.1 Å². The van der Waals surface area contributed by atoms with Gasteiger partial charge in [-0.3, -0.25) is 4.79 Å². The molecule has 0 saturated heterocycles. The molecule has 2 atom stereocenters. The molecule has 1 aromatic carbocycles. The maximum absolute atomic E-state index is 11.3. The summed E-state index contributed by atoms with van der Waals surface area (Å²) >= 11 is 0. The van der Waals surface area contributed by atoms with Crippen LogP contribution >= 0.6 is 0 Å². The molecule has 86 valence electrons. The van der Waals surface area contributed by atoms with Crippen molar-refractivity contribution in [3.8, 4) is 5.75 Å². The third kappa shape index (κ3) is 2.42. The van der Waals surface area contributed by atoms with Gasteiger partial charge < -0.3 is 9.47 Å². The van der Waals surface area contributed by atoms with E-state index in [0.717, 1.165) is 12.2 Å². The van der Waals surface area contributed by atoms with Crippen LogP contribution in [0.3, 0.4) is 0 Å². The minimum atomic E-state index is -0.361. The standard InChI is InChI=1S/C13H16O3/c1-2-8-15-13-11(14)9-12(13)16-10-6-4-3-5-7-10/h3-7,12-13H,2,8-9H2,1H3. The highest BCUT2D eigenvalue weighted by molar-refractivity contribution is 5.90. The van der Waals surface area contributed by atoms with E-state index in [1.165, 1.54) is 0 Å². The molecule has 0 heterocycles. The first-order valence-electron chi connectivity index (χ1n) is 5.67. The summed E-state index contributed by atoms with van der Waals surface area (Å²) in [5.74, 6) is 0.944. The predicted octanol–water partition coefficient (Wildman–Crippen LogP) is 2.20. The zero-order chi connectivity index (χ0) is 11.4. The smallest absolute Gasteiger partial charge is 0.169 e. The highest BCUT2D eigenvalue weighted by atomic mass is 16.5. The van der Waals surface area contributed by atoms with Gasteiger partial charge >= 0.3 is 0 Å². The first-order valence-corrected chi connectivity index (χ1v) is 5.67. The lowest BCUT2D eigenvalue weighted by atomic mass is 9.90. The maximum atomic E-state index is 11.3. The van der Waals surface area contributed by atoms with Gasteiger partial charge in [-0.05, 0) is 18.6 Å². The Labute approximate surface area is 95.4 Å². The Hall–Kier alpha value is -1.35. The van der Waals surface area contributed by atoms with Gasteiger partial charge in [0, 0.05) is 13.0 Å². The van der Waals surface area contributed by atoms with Crippen LogP contribution in [0, 0.1) is 0 Å². The predicted molar refractivity (Wildman–Crippen MR) is 60.5 cm³/mol. The monoisotopic (exact) mass is 220 g/mol. The van der Waals surface area contributed by atoms with Crippen LogP contribution in [0.5, 0.6) is 5.75 Å². The van der Waals surface area contributed by atoms with Gasteiger partial charge in [0.2, 0.25) is 0 Å². The van der Waals surface area contributed by atoms with Crippen molar-refractivity contribution in [3.05, 3.63) is 30.3 Å². The van der Waals surface area contributed by atoms with Crippen molar-refractivity contribution in [2.45, 2.75) is 32.0 Å². The average molecular weight is 220 g/mol. The second kappa shape index (κ2) is 5.12. The normalized spacial score (nSPS) is 23.9. The molecular weight excluding hydrogens is 204 g/mol. The molecule has 0 spiro atoms. The van der Waals surface area contributed by atoms with Crippen LogP contribution < -0.4 is 4.74 Å². The second-order valence-corrected chi connectivity index (χ2v) is 3.93. The van der Waals surface area contributed by atoms with Crippen molar-refractivity contribution in [1.82, 2.24) is 0 Å². The van der Waals surface area contributed by atoms with E-state index in [0.29, 0.717) is 13.0 Å². The number of benzene rings is 1. The number of Topliss-reactive ketones (excluding diaryl/α,β-unsaturated/α-hetero) is 1. The lowest BCUT2D eigenvalue weighted by molar-refractivity contribution is -0.154. The van der Waals surface area contributed by atoms with Gasteiger partial charge in [0.25, 0.3) is 0 Å². The van der Waals surface area contributed by atoms with Crippen LogP contribution in [0.15, 0.2) is 30.3 Å². The van der Waals surface area contributed by atoms with E-state index in [2.05, 4.69) is 0 Å². The SMILES string of the molecule is CCCOC1C(=O)CC1Oc1ccccc1. The molecule has 1 aromatic rings. The number of hydrogen-bond donors (Lipinski definition) is 0.